The Morgan fingerprint density at radius 2 is 0.955 bits per heavy atom. The van der Waals surface area contributed by atoms with Crippen molar-refractivity contribution >= 4 is 0 Å². The van der Waals surface area contributed by atoms with Crippen LogP contribution in [0.4, 0.5) is 0 Å². The van der Waals surface area contributed by atoms with Crippen molar-refractivity contribution in [1.82, 2.24) is 0 Å². The molecule has 0 aliphatic heterocycles. The molecule has 0 N–H and O–H groups in total. The van der Waals surface area contributed by atoms with Crippen molar-refractivity contribution in [2.45, 2.75) is 124 Å². The van der Waals surface area contributed by atoms with Gasteiger partial charge in [-0.25, -0.2) is 0 Å². The summed E-state index contributed by atoms with van der Waals surface area (Å²) in [5, 5.41) is 9.35. The lowest BCUT2D eigenvalue weighted by Crippen LogP contribution is -2.21. The molecule has 22 heavy (non-hydrogen) atoms. The minimum absolute atomic E-state index is 0.337. The standard InChI is InChI=1S/C21H41N/c1-4-7-10-12-15-18-21(19-20-22,16-13-9-6-3)17-14-11-8-5-2/h4-19H2,1-3H3. The Hall–Kier alpha value is -0.510. The van der Waals surface area contributed by atoms with Crippen molar-refractivity contribution in [3.8, 4) is 6.07 Å². The molecule has 0 fully saturated rings. The van der Waals surface area contributed by atoms with Crippen LogP contribution in [0.2, 0.25) is 0 Å². The average molecular weight is 308 g/mol. The van der Waals surface area contributed by atoms with Crippen molar-refractivity contribution in [2.24, 2.45) is 5.41 Å². The number of rotatable bonds is 16. The topological polar surface area (TPSA) is 23.8 Å². The molecule has 1 heteroatoms. The van der Waals surface area contributed by atoms with Crippen molar-refractivity contribution in [3.63, 3.8) is 0 Å². The Morgan fingerprint density at radius 3 is 1.41 bits per heavy atom. The zero-order valence-corrected chi connectivity index (χ0v) is 15.8. The second kappa shape index (κ2) is 15.4. The van der Waals surface area contributed by atoms with E-state index in [-0.39, 0.29) is 0 Å². The average Bonchev–Trinajstić information content (AvgIpc) is 2.52. The zero-order chi connectivity index (χ0) is 16.5. The molecule has 0 rings (SSSR count). The lowest BCUT2D eigenvalue weighted by molar-refractivity contribution is 0.200. The molecular weight excluding hydrogens is 266 g/mol. The fraction of sp³-hybridized carbons (Fsp3) is 0.952. The smallest absolute Gasteiger partial charge is 0.0627 e. The quantitative estimate of drug-likeness (QED) is 0.267. The predicted octanol–water partition coefficient (Wildman–Crippen LogP) is 7.80. The molecule has 0 amide bonds. The monoisotopic (exact) mass is 307 g/mol. The van der Waals surface area contributed by atoms with E-state index in [1.54, 1.807) is 0 Å². The fourth-order valence-corrected chi connectivity index (χ4v) is 3.59. The van der Waals surface area contributed by atoms with E-state index in [0.29, 0.717) is 5.41 Å². The van der Waals surface area contributed by atoms with Gasteiger partial charge in [-0.05, 0) is 24.7 Å². The van der Waals surface area contributed by atoms with Crippen LogP contribution in [0.25, 0.3) is 0 Å². The highest BCUT2D eigenvalue weighted by Crippen LogP contribution is 2.40. The molecule has 0 bridgehead atoms. The summed E-state index contributed by atoms with van der Waals surface area (Å²) in [7, 11) is 0. The first-order valence-electron chi connectivity index (χ1n) is 10.1. The SMILES string of the molecule is CCCCCCCC(CC#N)(CCCCC)CCCCCC. The molecule has 1 unspecified atom stereocenters. The minimum Gasteiger partial charge on any atom is -0.198 e. The van der Waals surface area contributed by atoms with Crippen LogP contribution < -0.4 is 0 Å². The zero-order valence-electron chi connectivity index (χ0n) is 15.8. The summed E-state index contributed by atoms with van der Waals surface area (Å²) in [6.45, 7) is 6.83. The normalized spacial score (nSPS) is 13.7. The van der Waals surface area contributed by atoms with Crippen LogP contribution in [-0.2, 0) is 0 Å². The number of unbranched alkanes of at least 4 members (excludes halogenated alkanes) is 9. The summed E-state index contributed by atoms with van der Waals surface area (Å²) in [5.41, 5.74) is 0.337. The van der Waals surface area contributed by atoms with Crippen LogP contribution >= 0.6 is 0 Å². The third-order valence-electron chi connectivity index (χ3n) is 5.14. The number of nitriles is 1. The van der Waals surface area contributed by atoms with Crippen LogP contribution in [0.3, 0.4) is 0 Å². The first-order valence-corrected chi connectivity index (χ1v) is 10.1. The summed E-state index contributed by atoms with van der Waals surface area (Å²) < 4.78 is 0. The van der Waals surface area contributed by atoms with Gasteiger partial charge in [0.05, 0.1) is 6.07 Å². The molecule has 0 aliphatic carbocycles. The Labute approximate surface area is 140 Å². The van der Waals surface area contributed by atoms with E-state index in [4.69, 9.17) is 0 Å². The molecule has 1 nitrogen and oxygen atoms in total. The van der Waals surface area contributed by atoms with E-state index in [9.17, 15) is 5.26 Å². The molecule has 0 aromatic carbocycles. The van der Waals surface area contributed by atoms with E-state index < -0.39 is 0 Å². The highest BCUT2D eigenvalue weighted by Gasteiger charge is 2.28. The van der Waals surface area contributed by atoms with Crippen LogP contribution in [0.1, 0.15) is 124 Å². The third-order valence-corrected chi connectivity index (χ3v) is 5.14. The summed E-state index contributed by atoms with van der Waals surface area (Å²) in [4.78, 5) is 0. The molecule has 0 radical (unpaired) electrons. The summed E-state index contributed by atoms with van der Waals surface area (Å²) >= 11 is 0. The first kappa shape index (κ1) is 21.5. The Kier molecular flexibility index (Phi) is 15.0. The largest absolute Gasteiger partial charge is 0.198 e. The van der Waals surface area contributed by atoms with Gasteiger partial charge in [-0.3, -0.25) is 0 Å². The molecule has 0 heterocycles. The maximum Gasteiger partial charge on any atom is 0.0627 e. The van der Waals surface area contributed by atoms with Crippen molar-refractivity contribution < 1.29 is 0 Å². The number of hydrogen-bond donors (Lipinski definition) is 0. The van der Waals surface area contributed by atoms with Gasteiger partial charge in [-0.1, -0.05) is 97.8 Å². The van der Waals surface area contributed by atoms with Gasteiger partial charge in [0.15, 0.2) is 0 Å². The fourth-order valence-electron chi connectivity index (χ4n) is 3.59. The van der Waals surface area contributed by atoms with E-state index in [1.807, 2.05) is 0 Å². The Balaban J connectivity index is 4.40. The molecular formula is C21H41N. The van der Waals surface area contributed by atoms with Crippen LogP contribution in [0.5, 0.6) is 0 Å². The maximum atomic E-state index is 9.35. The van der Waals surface area contributed by atoms with Gasteiger partial charge in [0, 0.05) is 6.42 Å². The van der Waals surface area contributed by atoms with E-state index in [1.165, 1.54) is 96.3 Å². The molecule has 0 aromatic heterocycles. The first-order chi connectivity index (χ1) is 10.7. The highest BCUT2D eigenvalue weighted by atomic mass is 14.4. The van der Waals surface area contributed by atoms with E-state index >= 15 is 0 Å². The number of hydrogen-bond acceptors (Lipinski definition) is 1. The predicted molar refractivity (Wildman–Crippen MR) is 98.9 cm³/mol. The molecule has 0 aromatic rings. The highest BCUT2D eigenvalue weighted by molar-refractivity contribution is 4.89. The summed E-state index contributed by atoms with van der Waals surface area (Å²) in [6, 6.07) is 2.53. The van der Waals surface area contributed by atoms with Crippen molar-refractivity contribution in [2.75, 3.05) is 0 Å². The number of nitrogens with zero attached hydrogens (tertiary/aromatic N) is 1. The lowest BCUT2D eigenvalue weighted by Gasteiger charge is -2.32. The molecule has 0 saturated carbocycles. The van der Waals surface area contributed by atoms with Gasteiger partial charge >= 0.3 is 0 Å². The third kappa shape index (κ3) is 11.1. The summed E-state index contributed by atoms with van der Waals surface area (Å²) in [5.74, 6) is 0. The van der Waals surface area contributed by atoms with Crippen LogP contribution in [0.15, 0.2) is 0 Å². The van der Waals surface area contributed by atoms with Gasteiger partial charge in [-0.15, -0.1) is 0 Å². The minimum atomic E-state index is 0.337. The second-order valence-corrected chi connectivity index (χ2v) is 7.27. The van der Waals surface area contributed by atoms with Gasteiger partial charge in [0.25, 0.3) is 0 Å². The van der Waals surface area contributed by atoms with Crippen LogP contribution in [-0.4, -0.2) is 0 Å². The molecule has 130 valence electrons. The van der Waals surface area contributed by atoms with Crippen molar-refractivity contribution in [3.05, 3.63) is 0 Å². The molecule has 0 aliphatic rings. The molecule has 0 spiro atoms. The van der Waals surface area contributed by atoms with Gasteiger partial charge < -0.3 is 0 Å². The summed E-state index contributed by atoms with van der Waals surface area (Å²) in [6.07, 6.45) is 20.7. The van der Waals surface area contributed by atoms with Gasteiger partial charge in [-0.2, -0.15) is 5.26 Å². The van der Waals surface area contributed by atoms with E-state index in [0.717, 1.165) is 6.42 Å². The van der Waals surface area contributed by atoms with E-state index in [2.05, 4.69) is 26.8 Å². The lowest BCUT2D eigenvalue weighted by atomic mass is 9.72. The van der Waals surface area contributed by atoms with Gasteiger partial charge in [0.2, 0.25) is 0 Å². The van der Waals surface area contributed by atoms with Gasteiger partial charge in [0.1, 0.15) is 0 Å². The Bertz CT molecular complexity index is 266. The van der Waals surface area contributed by atoms with Crippen LogP contribution in [0, 0.1) is 16.7 Å². The molecule has 0 saturated heterocycles. The Morgan fingerprint density at radius 1 is 0.591 bits per heavy atom. The maximum absolute atomic E-state index is 9.35. The van der Waals surface area contributed by atoms with Crippen molar-refractivity contribution in [1.29, 1.82) is 5.26 Å². The second-order valence-electron chi connectivity index (χ2n) is 7.27. The molecule has 1 atom stereocenters.